The van der Waals surface area contributed by atoms with E-state index in [0.29, 0.717) is 5.56 Å². The van der Waals surface area contributed by atoms with E-state index in [0.717, 1.165) is 0 Å². The van der Waals surface area contributed by atoms with E-state index in [4.69, 9.17) is 18.1 Å². The van der Waals surface area contributed by atoms with Crippen LogP contribution in [-0.4, -0.2) is 18.1 Å². The summed E-state index contributed by atoms with van der Waals surface area (Å²) in [7, 11) is 5.28. The maximum atomic E-state index is 9.06. The third-order valence-electron chi connectivity index (χ3n) is 1.38. The number of phenolic OH excluding ortho intramolecular Hbond substituents is 2. The van der Waals surface area contributed by atoms with Crippen LogP contribution in [0.2, 0.25) is 0 Å². The molecule has 2 radical (unpaired) electrons. The third kappa shape index (κ3) is 0.945. The van der Waals surface area contributed by atoms with Crippen molar-refractivity contribution in [3.05, 3.63) is 17.7 Å². The predicted octanol–water partition coefficient (Wildman–Crippen LogP) is 0.200. The molecule has 2 nitrogen and oxygen atoms in total. The van der Waals surface area contributed by atoms with Crippen molar-refractivity contribution in [1.29, 1.82) is 0 Å². The number of rotatable bonds is 0. The van der Waals surface area contributed by atoms with E-state index in [9.17, 15) is 0 Å². The van der Waals surface area contributed by atoms with Crippen molar-refractivity contribution >= 4 is 13.3 Å². The monoisotopic (exact) mass is 134 g/mol. The second kappa shape index (κ2) is 2.25. The standard InChI is InChI=1S/C7H7BO2/c1-4-2-3-5(8)7(10)6(4)9/h2-3,9-10H,1H3. The van der Waals surface area contributed by atoms with Crippen molar-refractivity contribution in [2.45, 2.75) is 6.92 Å². The van der Waals surface area contributed by atoms with Gasteiger partial charge < -0.3 is 10.2 Å². The smallest absolute Gasteiger partial charge is 0.159 e. The second-order valence-electron chi connectivity index (χ2n) is 2.17. The number of phenols is 2. The number of benzene rings is 1. The molecule has 0 fully saturated rings. The topological polar surface area (TPSA) is 40.5 Å². The van der Waals surface area contributed by atoms with Gasteiger partial charge in [-0.25, -0.2) is 0 Å². The van der Waals surface area contributed by atoms with Crippen LogP contribution in [0.1, 0.15) is 5.56 Å². The summed E-state index contributed by atoms with van der Waals surface area (Å²) in [6, 6.07) is 3.19. The summed E-state index contributed by atoms with van der Waals surface area (Å²) in [5, 5.41) is 18.1. The van der Waals surface area contributed by atoms with E-state index in [1.165, 1.54) is 0 Å². The zero-order valence-corrected chi connectivity index (χ0v) is 5.63. The molecule has 0 aliphatic heterocycles. The Labute approximate surface area is 60.5 Å². The number of hydrogen-bond donors (Lipinski definition) is 2. The molecule has 0 bridgehead atoms. The Hall–Kier alpha value is -1.12. The van der Waals surface area contributed by atoms with Crippen molar-refractivity contribution in [2.24, 2.45) is 0 Å². The van der Waals surface area contributed by atoms with E-state index in [-0.39, 0.29) is 17.0 Å². The SMILES string of the molecule is [B]c1ccc(C)c(O)c1O. The van der Waals surface area contributed by atoms with Crippen LogP contribution in [0, 0.1) is 6.92 Å². The van der Waals surface area contributed by atoms with Gasteiger partial charge in [-0.3, -0.25) is 0 Å². The van der Waals surface area contributed by atoms with Crippen molar-refractivity contribution < 1.29 is 10.2 Å². The van der Waals surface area contributed by atoms with Crippen molar-refractivity contribution in [3.63, 3.8) is 0 Å². The molecule has 0 amide bonds. The third-order valence-corrected chi connectivity index (χ3v) is 1.38. The average molecular weight is 134 g/mol. The molecule has 0 aliphatic carbocycles. The Morgan fingerprint density at radius 2 is 1.80 bits per heavy atom. The first-order valence-electron chi connectivity index (χ1n) is 2.90. The van der Waals surface area contributed by atoms with Gasteiger partial charge in [-0.1, -0.05) is 17.6 Å². The summed E-state index contributed by atoms with van der Waals surface area (Å²) >= 11 is 0. The maximum absolute atomic E-state index is 9.06. The molecule has 0 saturated heterocycles. The van der Waals surface area contributed by atoms with Crippen LogP contribution in [0.3, 0.4) is 0 Å². The van der Waals surface area contributed by atoms with Gasteiger partial charge in [0.05, 0.1) is 0 Å². The zero-order valence-electron chi connectivity index (χ0n) is 5.63. The van der Waals surface area contributed by atoms with Gasteiger partial charge in [0.25, 0.3) is 0 Å². The molecule has 0 saturated carbocycles. The molecule has 0 heterocycles. The average Bonchev–Trinajstić information content (AvgIpc) is 1.93. The minimum atomic E-state index is -0.236. The molecule has 1 aromatic rings. The summed E-state index contributed by atoms with van der Waals surface area (Å²) in [6.07, 6.45) is 0. The highest BCUT2D eigenvalue weighted by Gasteiger charge is 2.03. The van der Waals surface area contributed by atoms with Gasteiger partial charge >= 0.3 is 0 Å². The summed E-state index contributed by atoms with van der Waals surface area (Å²) in [5.41, 5.74) is 0.815. The van der Waals surface area contributed by atoms with Crippen LogP contribution < -0.4 is 5.46 Å². The van der Waals surface area contributed by atoms with Gasteiger partial charge in [0.1, 0.15) is 13.6 Å². The van der Waals surface area contributed by atoms with E-state index < -0.39 is 0 Å². The normalized spacial score (nSPS) is 9.70. The highest BCUT2D eigenvalue weighted by Crippen LogP contribution is 2.24. The summed E-state index contributed by atoms with van der Waals surface area (Å²) < 4.78 is 0. The van der Waals surface area contributed by atoms with Crippen molar-refractivity contribution in [2.75, 3.05) is 0 Å². The molecule has 0 aliphatic rings. The van der Waals surface area contributed by atoms with Gasteiger partial charge in [0, 0.05) is 0 Å². The first-order chi connectivity index (χ1) is 4.63. The molecule has 0 atom stereocenters. The molecule has 50 valence electrons. The summed E-state index contributed by atoms with van der Waals surface area (Å²) in [6.45, 7) is 1.69. The predicted molar refractivity (Wildman–Crippen MR) is 39.9 cm³/mol. The lowest BCUT2D eigenvalue weighted by Crippen LogP contribution is -2.02. The Bertz CT molecular complexity index is 231. The molecular formula is C7H7BO2. The molecule has 1 aromatic carbocycles. The Morgan fingerprint density at radius 3 is 2.30 bits per heavy atom. The first kappa shape index (κ1) is 7.00. The largest absolute Gasteiger partial charge is 0.505 e. The summed E-state index contributed by atoms with van der Waals surface area (Å²) in [5.74, 6) is -0.375. The molecular weight excluding hydrogens is 127 g/mol. The Morgan fingerprint density at radius 1 is 1.20 bits per heavy atom. The van der Waals surface area contributed by atoms with Gasteiger partial charge in [0.2, 0.25) is 0 Å². The van der Waals surface area contributed by atoms with Crippen molar-refractivity contribution in [3.8, 4) is 11.5 Å². The fraction of sp³-hybridized carbons (Fsp3) is 0.143. The fourth-order valence-corrected chi connectivity index (χ4v) is 0.696. The summed E-state index contributed by atoms with van der Waals surface area (Å²) in [4.78, 5) is 0. The molecule has 1 rings (SSSR count). The van der Waals surface area contributed by atoms with E-state index in [2.05, 4.69) is 0 Å². The minimum absolute atomic E-state index is 0.139. The van der Waals surface area contributed by atoms with E-state index >= 15 is 0 Å². The lowest BCUT2D eigenvalue weighted by Gasteiger charge is -2.03. The zero-order chi connectivity index (χ0) is 7.72. The second-order valence-corrected chi connectivity index (χ2v) is 2.17. The van der Waals surface area contributed by atoms with Crippen LogP contribution in [-0.2, 0) is 0 Å². The van der Waals surface area contributed by atoms with E-state index in [1.807, 2.05) is 0 Å². The lowest BCUT2D eigenvalue weighted by molar-refractivity contribution is 0.404. The maximum Gasteiger partial charge on any atom is 0.159 e. The molecule has 10 heavy (non-hydrogen) atoms. The van der Waals surface area contributed by atoms with Gasteiger partial charge in [-0.05, 0) is 12.5 Å². The van der Waals surface area contributed by atoms with Crippen LogP contribution in [0.25, 0.3) is 0 Å². The van der Waals surface area contributed by atoms with Crippen LogP contribution >= 0.6 is 0 Å². The molecule has 2 N–H and O–H groups in total. The number of aryl methyl sites for hydroxylation is 1. The van der Waals surface area contributed by atoms with Crippen LogP contribution in [0.4, 0.5) is 0 Å². The molecule has 3 heteroatoms. The minimum Gasteiger partial charge on any atom is -0.505 e. The quantitative estimate of drug-likeness (QED) is 0.393. The fourth-order valence-electron chi connectivity index (χ4n) is 0.696. The highest BCUT2D eigenvalue weighted by molar-refractivity contribution is 6.34. The lowest BCUT2D eigenvalue weighted by atomic mass is 9.93. The molecule has 0 unspecified atom stereocenters. The van der Waals surface area contributed by atoms with Gasteiger partial charge in [-0.2, -0.15) is 0 Å². The van der Waals surface area contributed by atoms with Crippen LogP contribution in [0.5, 0.6) is 11.5 Å². The Balaban J connectivity index is 3.34. The van der Waals surface area contributed by atoms with E-state index in [1.54, 1.807) is 19.1 Å². The number of hydrogen-bond acceptors (Lipinski definition) is 2. The Kier molecular flexibility index (Phi) is 1.58. The first-order valence-corrected chi connectivity index (χ1v) is 2.90. The highest BCUT2D eigenvalue weighted by atomic mass is 16.3. The van der Waals surface area contributed by atoms with Crippen LogP contribution in [0.15, 0.2) is 12.1 Å². The van der Waals surface area contributed by atoms with Gasteiger partial charge in [0.15, 0.2) is 5.75 Å². The van der Waals surface area contributed by atoms with Gasteiger partial charge in [-0.15, -0.1) is 0 Å². The molecule has 0 spiro atoms. The van der Waals surface area contributed by atoms with Crippen molar-refractivity contribution in [1.82, 2.24) is 0 Å². The number of aromatic hydroxyl groups is 2. The molecule has 0 aromatic heterocycles.